The van der Waals surface area contributed by atoms with Crippen molar-refractivity contribution in [3.8, 4) is 5.75 Å². The fraction of sp³-hybridized carbons (Fsp3) is 0.312. The molecule has 2 aromatic carbocycles. The highest BCUT2D eigenvalue weighted by atomic mass is 16.5. The van der Waals surface area contributed by atoms with Gasteiger partial charge < -0.3 is 15.0 Å². The second-order valence-corrected chi connectivity index (χ2v) is 5.10. The molecule has 0 unspecified atom stereocenters. The van der Waals surface area contributed by atoms with Crippen LogP contribution in [0, 0.1) is 6.92 Å². The maximum atomic E-state index is 12.1. The number of carbonyl (C=O) groups excluding carboxylic acids is 1. The molecular weight excluding hydrogens is 284 g/mol. The van der Waals surface area contributed by atoms with Gasteiger partial charge >= 0.3 is 0 Å². The fourth-order valence-corrected chi connectivity index (χ4v) is 2.14. The van der Waals surface area contributed by atoms with Gasteiger partial charge in [0.1, 0.15) is 5.69 Å². The van der Waals surface area contributed by atoms with E-state index in [0.29, 0.717) is 23.4 Å². The molecule has 0 aliphatic rings. The minimum absolute atomic E-state index is 0.0521. The first-order chi connectivity index (χ1) is 10.4. The Labute approximate surface area is 128 Å². The Morgan fingerprint density at radius 3 is 2.50 bits per heavy atom. The smallest absolute Gasteiger partial charge is 0.272 e. The number of hydrogen-bond donors (Lipinski definition) is 1. The Balaban J connectivity index is 2.38. The second-order valence-electron chi connectivity index (χ2n) is 5.10. The molecule has 0 fully saturated rings. The lowest BCUT2D eigenvalue weighted by Gasteiger charge is -2.17. The van der Waals surface area contributed by atoms with Crippen LogP contribution in [-0.4, -0.2) is 31.5 Å². The molecule has 22 heavy (non-hydrogen) atoms. The van der Waals surface area contributed by atoms with Crippen molar-refractivity contribution in [1.29, 1.82) is 0 Å². The minimum atomic E-state index is -0.623. The first-order valence-corrected chi connectivity index (χ1v) is 6.92. The Morgan fingerprint density at radius 1 is 1.23 bits per heavy atom. The van der Waals surface area contributed by atoms with Crippen LogP contribution in [0.2, 0.25) is 0 Å². The topological polar surface area (TPSA) is 75.7 Å². The minimum Gasteiger partial charge on any atom is -0.488 e. The molecule has 6 nitrogen and oxygen atoms in total. The summed E-state index contributed by atoms with van der Waals surface area (Å²) in [6.07, 6.45) is 0. The van der Waals surface area contributed by atoms with E-state index in [2.05, 4.69) is 5.32 Å². The predicted molar refractivity (Wildman–Crippen MR) is 85.0 cm³/mol. The zero-order valence-electron chi connectivity index (χ0n) is 13.0. The second kappa shape index (κ2) is 6.01. The summed E-state index contributed by atoms with van der Waals surface area (Å²) in [6.45, 7) is 3.82. The van der Waals surface area contributed by atoms with Crippen LogP contribution >= 0.6 is 0 Å². The maximum absolute atomic E-state index is 12.1. The molecule has 116 valence electrons. The van der Waals surface area contributed by atoms with E-state index >= 15 is 0 Å². The van der Waals surface area contributed by atoms with Crippen LogP contribution in [0.25, 0.3) is 0 Å². The van der Waals surface area contributed by atoms with E-state index in [1.54, 1.807) is 46.1 Å². The van der Waals surface area contributed by atoms with Gasteiger partial charge in [-0.3, -0.25) is 14.4 Å². The standard InChI is InChI=1S/C16H18N2O4/c1-5-22-15-12(13(19)14(15)20)17-11-8-6-7-10(9(11)2)16(21)18(3)4/h6-8,17H,5H2,1-4H3. The molecule has 0 spiro atoms. The molecule has 0 atom stereocenters. The van der Waals surface area contributed by atoms with E-state index in [0.717, 1.165) is 0 Å². The normalized spacial score (nSPS) is 10.5. The summed E-state index contributed by atoms with van der Waals surface area (Å²) < 4.78 is 5.17. The summed E-state index contributed by atoms with van der Waals surface area (Å²) in [4.78, 5) is 36.7. The molecule has 0 saturated carbocycles. The Hall–Kier alpha value is -2.63. The largest absolute Gasteiger partial charge is 0.488 e. The van der Waals surface area contributed by atoms with Gasteiger partial charge in [0, 0.05) is 25.3 Å². The predicted octanol–water partition coefficient (Wildman–Crippen LogP) is 1.44. The summed E-state index contributed by atoms with van der Waals surface area (Å²) in [7, 11) is 3.34. The fourth-order valence-electron chi connectivity index (χ4n) is 2.14. The van der Waals surface area contributed by atoms with Crippen molar-refractivity contribution in [1.82, 2.24) is 4.90 Å². The molecule has 0 aromatic heterocycles. The van der Waals surface area contributed by atoms with Crippen LogP contribution < -0.4 is 20.9 Å². The number of nitrogens with zero attached hydrogens (tertiary/aromatic N) is 1. The lowest BCUT2D eigenvalue weighted by molar-refractivity contribution is 0.0827. The molecule has 0 radical (unpaired) electrons. The van der Waals surface area contributed by atoms with Crippen molar-refractivity contribution in [3.63, 3.8) is 0 Å². The van der Waals surface area contributed by atoms with Crippen LogP contribution in [0.15, 0.2) is 27.8 Å². The Morgan fingerprint density at radius 2 is 1.91 bits per heavy atom. The molecule has 0 bridgehead atoms. The quantitative estimate of drug-likeness (QED) is 0.846. The maximum Gasteiger partial charge on any atom is 0.272 e. The molecule has 0 aliphatic heterocycles. The monoisotopic (exact) mass is 302 g/mol. The van der Waals surface area contributed by atoms with Gasteiger partial charge in [-0.05, 0) is 31.5 Å². The van der Waals surface area contributed by atoms with Gasteiger partial charge in [-0.2, -0.15) is 0 Å². The van der Waals surface area contributed by atoms with E-state index in [-0.39, 0.29) is 17.3 Å². The van der Waals surface area contributed by atoms with Crippen molar-refractivity contribution >= 4 is 17.3 Å². The number of rotatable bonds is 5. The van der Waals surface area contributed by atoms with Gasteiger partial charge in [-0.25, -0.2) is 0 Å². The first-order valence-electron chi connectivity index (χ1n) is 6.92. The molecule has 1 N–H and O–H groups in total. The Kier molecular flexibility index (Phi) is 4.30. The van der Waals surface area contributed by atoms with Crippen molar-refractivity contribution in [2.75, 3.05) is 26.0 Å². The van der Waals surface area contributed by atoms with Gasteiger partial charge in [-0.15, -0.1) is 0 Å². The third-order valence-electron chi connectivity index (χ3n) is 3.39. The zero-order chi connectivity index (χ0) is 16.4. The summed E-state index contributed by atoms with van der Waals surface area (Å²) in [5.41, 5.74) is 0.753. The molecule has 1 amide bonds. The molecule has 0 aliphatic carbocycles. The summed E-state index contributed by atoms with van der Waals surface area (Å²) in [6, 6.07) is 5.18. The van der Waals surface area contributed by atoms with Crippen LogP contribution in [0.5, 0.6) is 5.75 Å². The van der Waals surface area contributed by atoms with Crippen molar-refractivity contribution in [2.24, 2.45) is 0 Å². The molecule has 0 heterocycles. The third kappa shape index (κ3) is 2.59. The van der Waals surface area contributed by atoms with Gasteiger partial charge in [0.05, 0.1) is 6.61 Å². The molecule has 2 aromatic rings. The third-order valence-corrected chi connectivity index (χ3v) is 3.39. The van der Waals surface area contributed by atoms with Gasteiger partial charge in [-0.1, -0.05) is 6.07 Å². The molecule has 6 heteroatoms. The number of hydrogen-bond acceptors (Lipinski definition) is 5. The highest BCUT2D eigenvalue weighted by molar-refractivity contribution is 5.97. The van der Waals surface area contributed by atoms with Gasteiger partial charge in [0.15, 0.2) is 5.75 Å². The van der Waals surface area contributed by atoms with Crippen LogP contribution in [0.3, 0.4) is 0 Å². The first kappa shape index (κ1) is 15.8. The number of carbonyl (C=O) groups is 1. The van der Waals surface area contributed by atoms with E-state index in [1.807, 2.05) is 0 Å². The van der Waals surface area contributed by atoms with E-state index in [9.17, 15) is 14.4 Å². The Bertz CT molecular complexity index is 786. The average Bonchev–Trinajstić information content (AvgIpc) is 2.51. The zero-order valence-corrected chi connectivity index (χ0v) is 13.0. The van der Waals surface area contributed by atoms with Crippen LogP contribution in [-0.2, 0) is 0 Å². The summed E-state index contributed by atoms with van der Waals surface area (Å²) >= 11 is 0. The van der Waals surface area contributed by atoms with Crippen molar-refractivity contribution in [2.45, 2.75) is 13.8 Å². The van der Waals surface area contributed by atoms with E-state index < -0.39 is 10.9 Å². The van der Waals surface area contributed by atoms with Crippen LogP contribution in [0.1, 0.15) is 22.8 Å². The lowest BCUT2D eigenvalue weighted by atomic mass is 10.0. The molecule has 0 saturated heterocycles. The number of nitrogens with one attached hydrogen (secondary N) is 1. The SMILES string of the molecule is CCOc1c(Nc2cccc(C(=O)N(C)C)c2C)c(=O)c1=O. The highest BCUT2D eigenvalue weighted by Gasteiger charge is 2.23. The van der Waals surface area contributed by atoms with E-state index in [1.165, 1.54) is 4.90 Å². The number of ether oxygens (including phenoxy) is 1. The molecular formula is C16H18N2O4. The number of amides is 1. The van der Waals surface area contributed by atoms with Crippen molar-refractivity contribution in [3.05, 3.63) is 49.8 Å². The van der Waals surface area contributed by atoms with Gasteiger partial charge in [0.2, 0.25) is 0 Å². The summed E-state index contributed by atoms with van der Waals surface area (Å²) in [5, 5.41) is 2.91. The average molecular weight is 302 g/mol. The van der Waals surface area contributed by atoms with Crippen molar-refractivity contribution < 1.29 is 9.53 Å². The number of benzene rings is 1. The van der Waals surface area contributed by atoms with Crippen LogP contribution in [0.4, 0.5) is 11.4 Å². The number of anilines is 2. The summed E-state index contributed by atoms with van der Waals surface area (Å²) in [5.74, 6) is -0.0765. The highest BCUT2D eigenvalue weighted by Crippen LogP contribution is 2.27. The van der Waals surface area contributed by atoms with E-state index in [4.69, 9.17) is 4.74 Å². The van der Waals surface area contributed by atoms with Gasteiger partial charge in [0.25, 0.3) is 16.8 Å². The molecule has 2 rings (SSSR count). The lowest BCUT2D eigenvalue weighted by Crippen LogP contribution is -2.35.